The van der Waals surface area contributed by atoms with Crippen molar-refractivity contribution >= 4 is 0 Å². The van der Waals surface area contributed by atoms with Crippen LogP contribution < -0.4 is 0 Å². The zero-order valence-electron chi connectivity index (χ0n) is 14.1. The van der Waals surface area contributed by atoms with E-state index in [0.29, 0.717) is 0 Å². The molecular formula is C22H28. The molecule has 0 heterocycles. The quantitative estimate of drug-likeness (QED) is 0.614. The van der Waals surface area contributed by atoms with Crippen LogP contribution in [-0.4, -0.2) is 0 Å². The maximum atomic E-state index is 2.44. The minimum atomic E-state index is 0.919. The van der Waals surface area contributed by atoms with Gasteiger partial charge in [0.25, 0.3) is 0 Å². The summed E-state index contributed by atoms with van der Waals surface area (Å²) in [6.45, 7) is 4.51. The normalized spacial score (nSPS) is 17.3. The molecular weight excluding hydrogens is 264 g/mol. The second-order valence-electron chi connectivity index (χ2n) is 6.79. The van der Waals surface area contributed by atoms with Gasteiger partial charge in [-0.05, 0) is 59.4 Å². The molecule has 0 amide bonds. The molecule has 0 saturated carbocycles. The van der Waals surface area contributed by atoms with Gasteiger partial charge in [-0.1, -0.05) is 75.6 Å². The molecule has 1 aliphatic carbocycles. The first-order valence-corrected chi connectivity index (χ1v) is 9.01. The molecule has 0 fully saturated rings. The number of aryl methyl sites for hydroxylation is 2. The highest BCUT2D eigenvalue weighted by molar-refractivity contribution is 5.65. The molecule has 0 N–H and O–H groups in total. The Hall–Kier alpha value is -1.56. The Morgan fingerprint density at radius 1 is 0.909 bits per heavy atom. The molecule has 1 aliphatic rings. The lowest BCUT2D eigenvalue weighted by Gasteiger charge is -2.25. The van der Waals surface area contributed by atoms with Crippen LogP contribution in [0.3, 0.4) is 0 Å². The molecule has 0 aliphatic heterocycles. The molecule has 22 heavy (non-hydrogen) atoms. The van der Waals surface area contributed by atoms with Crippen molar-refractivity contribution < 1.29 is 0 Å². The Balaban J connectivity index is 1.77. The Labute approximate surface area is 135 Å². The van der Waals surface area contributed by atoms with Crippen LogP contribution in [-0.2, 0) is 19.3 Å². The van der Waals surface area contributed by atoms with Crippen molar-refractivity contribution in [1.29, 1.82) is 0 Å². The van der Waals surface area contributed by atoms with Crippen molar-refractivity contribution in [2.24, 2.45) is 5.92 Å². The second kappa shape index (κ2) is 7.13. The lowest BCUT2D eigenvalue weighted by atomic mass is 9.80. The highest BCUT2D eigenvalue weighted by Gasteiger charge is 2.18. The van der Waals surface area contributed by atoms with Gasteiger partial charge in [0, 0.05) is 0 Å². The monoisotopic (exact) mass is 292 g/mol. The van der Waals surface area contributed by atoms with Crippen LogP contribution in [0.1, 0.15) is 56.2 Å². The van der Waals surface area contributed by atoms with E-state index in [-0.39, 0.29) is 0 Å². The van der Waals surface area contributed by atoms with E-state index in [9.17, 15) is 0 Å². The summed E-state index contributed by atoms with van der Waals surface area (Å²) < 4.78 is 0. The molecule has 1 unspecified atom stereocenters. The minimum Gasteiger partial charge on any atom is -0.0654 e. The average molecular weight is 292 g/mol. The van der Waals surface area contributed by atoms with Gasteiger partial charge in [-0.15, -0.1) is 0 Å². The standard InChI is InChI=1S/C22H28/c1-3-5-6-18-9-12-22-16-21(14-13-20(22)15-18)19-10-7-17(4-2)8-11-19/h7-8,10-11,13-14,16,18H,3-6,9,12,15H2,1-2H3. The van der Waals surface area contributed by atoms with Gasteiger partial charge < -0.3 is 0 Å². The van der Waals surface area contributed by atoms with Gasteiger partial charge in [-0.3, -0.25) is 0 Å². The molecule has 0 heteroatoms. The van der Waals surface area contributed by atoms with Crippen molar-refractivity contribution in [2.75, 3.05) is 0 Å². The van der Waals surface area contributed by atoms with Gasteiger partial charge in [-0.25, -0.2) is 0 Å². The molecule has 0 saturated heterocycles. The van der Waals surface area contributed by atoms with Crippen LogP contribution >= 0.6 is 0 Å². The zero-order chi connectivity index (χ0) is 15.4. The van der Waals surface area contributed by atoms with Crippen LogP contribution in [0.15, 0.2) is 42.5 Å². The molecule has 0 bridgehead atoms. The molecule has 0 nitrogen and oxygen atoms in total. The summed E-state index contributed by atoms with van der Waals surface area (Å²) >= 11 is 0. The third-order valence-electron chi connectivity index (χ3n) is 5.20. The van der Waals surface area contributed by atoms with Crippen LogP contribution in [0.25, 0.3) is 11.1 Å². The Kier molecular flexibility index (Phi) is 4.97. The van der Waals surface area contributed by atoms with Gasteiger partial charge in [0.15, 0.2) is 0 Å². The van der Waals surface area contributed by atoms with E-state index in [1.807, 2.05) is 0 Å². The van der Waals surface area contributed by atoms with Crippen molar-refractivity contribution in [3.63, 3.8) is 0 Å². The first-order valence-electron chi connectivity index (χ1n) is 9.01. The van der Waals surface area contributed by atoms with Crippen molar-refractivity contribution in [2.45, 2.75) is 58.8 Å². The lowest BCUT2D eigenvalue weighted by molar-refractivity contribution is 0.413. The summed E-state index contributed by atoms with van der Waals surface area (Å²) in [6.07, 6.45) is 9.19. The Bertz CT molecular complexity index is 606. The average Bonchev–Trinajstić information content (AvgIpc) is 2.59. The van der Waals surface area contributed by atoms with Crippen LogP contribution in [0.5, 0.6) is 0 Å². The first kappa shape index (κ1) is 15.3. The summed E-state index contributed by atoms with van der Waals surface area (Å²) in [4.78, 5) is 0. The highest BCUT2D eigenvalue weighted by atomic mass is 14.2. The fourth-order valence-corrected chi connectivity index (χ4v) is 3.68. The van der Waals surface area contributed by atoms with Crippen LogP contribution in [0.2, 0.25) is 0 Å². The largest absolute Gasteiger partial charge is 0.0654 e. The number of hydrogen-bond donors (Lipinski definition) is 0. The predicted molar refractivity (Wildman–Crippen MR) is 96.3 cm³/mol. The van der Waals surface area contributed by atoms with Crippen molar-refractivity contribution in [3.8, 4) is 11.1 Å². The molecule has 2 aromatic carbocycles. The molecule has 1 atom stereocenters. The molecule has 0 radical (unpaired) electrons. The molecule has 0 spiro atoms. The smallest absolute Gasteiger partial charge is 0.0181 e. The molecule has 2 aromatic rings. The van der Waals surface area contributed by atoms with Gasteiger partial charge >= 0.3 is 0 Å². The number of fused-ring (bicyclic) bond motifs is 1. The molecule has 0 aromatic heterocycles. The van der Waals surface area contributed by atoms with Crippen LogP contribution in [0.4, 0.5) is 0 Å². The third-order valence-corrected chi connectivity index (χ3v) is 5.20. The summed E-state index contributed by atoms with van der Waals surface area (Å²) in [5, 5.41) is 0. The summed E-state index contributed by atoms with van der Waals surface area (Å²) in [5.74, 6) is 0.919. The fourth-order valence-electron chi connectivity index (χ4n) is 3.68. The predicted octanol–water partition coefficient (Wildman–Crippen LogP) is 6.21. The van der Waals surface area contributed by atoms with Gasteiger partial charge in [0.1, 0.15) is 0 Å². The van der Waals surface area contributed by atoms with E-state index in [4.69, 9.17) is 0 Å². The Morgan fingerprint density at radius 3 is 2.41 bits per heavy atom. The summed E-state index contributed by atoms with van der Waals surface area (Å²) in [6, 6.07) is 16.2. The van der Waals surface area contributed by atoms with Crippen molar-refractivity contribution in [3.05, 3.63) is 59.2 Å². The van der Waals surface area contributed by atoms with E-state index < -0.39 is 0 Å². The Morgan fingerprint density at radius 2 is 1.68 bits per heavy atom. The number of rotatable bonds is 5. The SMILES string of the molecule is CCCCC1CCc2cc(-c3ccc(CC)cc3)ccc2C1. The van der Waals surface area contributed by atoms with Crippen LogP contribution in [0, 0.1) is 5.92 Å². The van der Waals surface area contributed by atoms with Crippen molar-refractivity contribution in [1.82, 2.24) is 0 Å². The van der Waals surface area contributed by atoms with E-state index in [0.717, 1.165) is 12.3 Å². The maximum absolute atomic E-state index is 2.44. The summed E-state index contributed by atoms with van der Waals surface area (Å²) in [7, 11) is 0. The van der Waals surface area contributed by atoms with Gasteiger partial charge in [0.05, 0.1) is 0 Å². The zero-order valence-corrected chi connectivity index (χ0v) is 14.1. The molecule has 3 rings (SSSR count). The minimum absolute atomic E-state index is 0.919. The molecule has 116 valence electrons. The van der Waals surface area contributed by atoms with E-state index in [1.165, 1.54) is 55.2 Å². The number of hydrogen-bond acceptors (Lipinski definition) is 0. The second-order valence-corrected chi connectivity index (χ2v) is 6.79. The summed E-state index contributed by atoms with van der Waals surface area (Å²) in [5.41, 5.74) is 7.34. The topological polar surface area (TPSA) is 0 Å². The third kappa shape index (κ3) is 3.43. The highest BCUT2D eigenvalue weighted by Crippen LogP contribution is 2.32. The first-order chi connectivity index (χ1) is 10.8. The lowest BCUT2D eigenvalue weighted by Crippen LogP contribution is -2.14. The van der Waals surface area contributed by atoms with Gasteiger partial charge in [0.2, 0.25) is 0 Å². The number of unbranched alkanes of at least 4 members (excludes halogenated alkanes) is 1. The van der Waals surface area contributed by atoms with Gasteiger partial charge in [-0.2, -0.15) is 0 Å². The maximum Gasteiger partial charge on any atom is -0.0181 e. The van der Waals surface area contributed by atoms with E-state index >= 15 is 0 Å². The van der Waals surface area contributed by atoms with E-state index in [1.54, 1.807) is 11.1 Å². The fraction of sp³-hybridized carbons (Fsp3) is 0.455. The van der Waals surface area contributed by atoms with E-state index in [2.05, 4.69) is 56.3 Å². The number of benzene rings is 2.